The van der Waals surface area contributed by atoms with E-state index in [1.54, 1.807) is 0 Å². The van der Waals surface area contributed by atoms with Crippen LogP contribution in [-0.2, 0) is 7.05 Å². The lowest BCUT2D eigenvalue weighted by Gasteiger charge is -1.93. The Morgan fingerprint density at radius 2 is 1.53 bits per heavy atom. The molecule has 0 fully saturated rings. The van der Waals surface area contributed by atoms with Gasteiger partial charge in [0.05, 0.1) is 11.6 Å². The molecule has 0 aliphatic carbocycles. The standard InChI is InChI=1S/C17H16NO/c1-13-8-10-15(11-9-13)17-12-16(18(2)19-17)14-6-4-3-5-7-14/h3-12H,1-2H3/q+1. The lowest BCUT2D eigenvalue weighted by molar-refractivity contribution is -0.834. The Morgan fingerprint density at radius 1 is 0.842 bits per heavy atom. The zero-order valence-corrected chi connectivity index (χ0v) is 11.1. The predicted molar refractivity (Wildman–Crippen MR) is 75.5 cm³/mol. The van der Waals surface area contributed by atoms with Gasteiger partial charge in [-0.15, -0.1) is 0 Å². The van der Waals surface area contributed by atoms with E-state index >= 15 is 0 Å². The smallest absolute Gasteiger partial charge is 0.236 e. The summed E-state index contributed by atoms with van der Waals surface area (Å²) < 4.78 is 7.62. The molecule has 2 nitrogen and oxygen atoms in total. The van der Waals surface area contributed by atoms with Crippen LogP contribution in [0, 0.1) is 6.92 Å². The Kier molecular flexibility index (Phi) is 2.92. The van der Waals surface area contributed by atoms with Gasteiger partial charge in [-0.25, -0.2) is 4.52 Å². The number of aryl methyl sites for hydroxylation is 2. The van der Waals surface area contributed by atoms with Gasteiger partial charge in [-0.3, -0.25) is 0 Å². The van der Waals surface area contributed by atoms with Crippen LogP contribution in [0.5, 0.6) is 0 Å². The van der Waals surface area contributed by atoms with E-state index in [9.17, 15) is 0 Å². The van der Waals surface area contributed by atoms with Gasteiger partial charge in [0.25, 0.3) is 5.69 Å². The summed E-state index contributed by atoms with van der Waals surface area (Å²) in [5.41, 5.74) is 4.59. The van der Waals surface area contributed by atoms with Gasteiger partial charge in [0.2, 0.25) is 5.76 Å². The zero-order valence-electron chi connectivity index (χ0n) is 11.1. The second-order valence-electron chi connectivity index (χ2n) is 4.71. The summed E-state index contributed by atoms with van der Waals surface area (Å²) in [6.45, 7) is 2.08. The van der Waals surface area contributed by atoms with Crippen LogP contribution in [0.1, 0.15) is 5.56 Å². The van der Waals surface area contributed by atoms with Gasteiger partial charge in [0, 0.05) is 5.56 Å². The highest BCUT2D eigenvalue weighted by atomic mass is 16.5. The first-order chi connectivity index (χ1) is 9.24. The Hall–Kier alpha value is -2.35. The molecule has 0 bridgehead atoms. The Balaban J connectivity index is 2.04. The molecule has 2 heteroatoms. The Morgan fingerprint density at radius 3 is 2.21 bits per heavy atom. The molecule has 0 aliphatic heterocycles. The van der Waals surface area contributed by atoms with Crippen molar-refractivity contribution in [2.75, 3.05) is 0 Å². The molecule has 94 valence electrons. The fourth-order valence-corrected chi connectivity index (χ4v) is 2.17. The topological polar surface area (TPSA) is 17.0 Å². The monoisotopic (exact) mass is 250 g/mol. The van der Waals surface area contributed by atoms with Crippen LogP contribution in [-0.4, -0.2) is 0 Å². The third-order valence-corrected chi connectivity index (χ3v) is 3.25. The SMILES string of the molecule is Cc1ccc(-c2cc(-c3ccccc3)[n+](C)o2)cc1. The van der Waals surface area contributed by atoms with E-state index in [0.29, 0.717) is 0 Å². The maximum absolute atomic E-state index is 5.81. The fraction of sp³-hybridized carbons (Fsp3) is 0.118. The number of nitrogens with zero attached hydrogens (tertiary/aromatic N) is 1. The first-order valence-corrected chi connectivity index (χ1v) is 6.37. The molecule has 1 aromatic heterocycles. The molecule has 0 aliphatic rings. The normalized spacial score (nSPS) is 10.6. The number of aromatic nitrogens is 1. The van der Waals surface area contributed by atoms with Crippen molar-refractivity contribution in [2.24, 2.45) is 7.05 Å². The van der Waals surface area contributed by atoms with Gasteiger partial charge in [0.1, 0.15) is 0 Å². The predicted octanol–water partition coefficient (Wildman–Crippen LogP) is 3.75. The summed E-state index contributed by atoms with van der Waals surface area (Å²) in [5.74, 6) is 0.890. The number of hydrogen-bond acceptors (Lipinski definition) is 1. The lowest BCUT2D eigenvalue weighted by Crippen LogP contribution is -2.26. The second-order valence-corrected chi connectivity index (χ2v) is 4.71. The number of hydrogen-bond donors (Lipinski definition) is 0. The zero-order chi connectivity index (χ0) is 13.2. The van der Waals surface area contributed by atoms with Crippen molar-refractivity contribution in [2.45, 2.75) is 6.92 Å². The molecule has 2 aromatic carbocycles. The van der Waals surface area contributed by atoms with E-state index in [2.05, 4.69) is 49.4 Å². The Bertz CT molecular complexity index is 681. The summed E-state index contributed by atoms with van der Waals surface area (Å²) in [6, 6.07) is 20.7. The van der Waals surface area contributed by atoms with Crippen LogP contribution in [0.25, 0.3) is 22.6 Å². The average molecular weight is 250 g/mol. The molecule has 1 heterocycles. The average Bonchev–Trinajstić information content (AvgIpc) is 2.83. The van der Waals surface area contributed by atoms with Gasteiger partial charge in [-0.2, -0.15) is 0 Å². The van der Waals surface area contributed by atoms with Crippen molar-refractivity contribution >= 4 is 0 Å². The molecule has 0 unspecified atom stereocenters. The number of benzene rings is 2. The van der Waals surface area contributed by atoms with Crippen LogP contribution in [0.2, 0.25) is 0 Å². The lowest BCUT2D eigenvalue weighted by atomic mass is 10.1. The van der Waals surface area contributed by atoms with Gasteiger partial charge in [-0.1, -0.05) is 48.0 Å². The van der Waals surface area contributed by atoms with E-state index < -0.39 is 0 Å². The van der Waals surface area contributed by atoms with E-state index in [-0.39, 0.29) is 0 Å². The molecule has 19 heavy (non-hydrogen) atoms. The molecule has 0 saturated heterocycles. The van der Waals surface area contributed by atoms with Crippen LogP contribution in [0.3, 0.4) is 0 Å². The van der Waals surface area contributed by atoms with E-state index in [4.69, 9.17) is 4.52 Å². The Labute approximate surface area is 112 Å². The van der Waals surface area contributed by atoms with Crippen LogP contribution in [0.15, 0.2) is 65.2 Å². The quantitative estimate of drug-likeness (QED) is 0.633. The van der Waals surface area contributed by atoms with Crippen LogP contribution >= 0.6 is 0 Å². The number of rotatable bonds is 2. The van der Waals surface area contributed by atoms with Gasteiger partial charge in [0.15, 0.2) is 7.05 Å². The van der Waals surface area contributed by atoms with E-state index in [0.717, 1.165) is 22.6 Å². The molecule has 0 spiro atoms. The van der Waals surface area contributed by atoms with Crippen molar-refractivity contribution in [1.29, 1.82) is 0 Å². The van der Waals surface area contributed by atoms with Crippen molar-refractivity contribution in [1.82, 2.24) is 0 Å². The summed E-state index contributed by atoms with van der Waals surface area (Å²) in [4.78, 5) is 0. The molecule has 3 aromatic rings. The minimum Gasteiger partial charge on any atom is -0.236 e. The summed E-state index contributed by atoms with van der Waals surface area (Å²) >= 11 is 0. The van der Waals surface area contributed by atoms with E-state index in [1.165, 1.54) is 5.56 Å². The third kappa shape index (κ3) is 2.29. The first-order valence-electron chi connectivity index (χ1n) is 6.37. The molecular weight excluding hydrogens is 234 g/mol. The fourth-order valence-electron chi connectivity index (χ4n) is 2.17. The maximum atomic E-state index is 5.81. The third-order valence-electron chi connectivity index (χ3n) is 3.25. The van der Waals surface area contributed by atoms with Gasteiger partial charge >= 0.3 is 0 Å². The van der Waals surface area contributed by atoms with Crippen molar-refractivity contribution in [3.05, 3.63) is 66.2 Å². The minimum atomic E-state index is 0.890. The summed E-state index contributed by atoms with van der Waals surface area (Å²) in [6.07, 6.45) is 0. The minimum absolute atomic E-state index is 0.890. The first kappa shape index (κ1) is 11.7. The van der Waals surface area contributed by atoms with Crippen LogP contribution in [0.4, 0.5) is 0 Å². The van der Waals surface area contributed by atoms with Gasteiger partial charge in [-0.05, 0) is 23.8 Å². The second kappa shape index (κ2) is 4.73. The molecule has 0 atom stereocenters. The van der Waals surface area contributed by atoms with Crippen LogP contribution < -0.4 is 4.74 Å². The van der Waals surface area contributed by atoms with Crippen molar-refractivity contribution < 1.29 is 9.26 Å². The van der Waals surface area contributed by atoms with Gasteiger partial charge < -0.3 is 0 Å². The van der Waals surface area contributed by atoms with E-state index in [1.807, 2.05) is 30.0 Å². The highest BCUT2D eigenvalue weighted by Crippen LogP contribution is 2.24. The summed E-state index contributed by atoms with van der Waals surface area (Å²) in [5, 5.41) is 0. The highest BCUT2D eigenvalue weighted by Gasteiger charge is 2.18. The largest absolute Gasteiger partial charge is 0.262 e. The maximum Gasteiger partial charge on any atom is 0.262 e. The molecule has 0 saturated carbocycles. The van der Waals surface area contributed by atoms with Crippen molar-refractivity contribution in [3.8, 4) is 22.6 Å². The molecule has 0 radical (unpaired) electrons. The molecule has 3 rings (SSSR count). The molecule has 0 amide bonds. The molecule has 0 N–H and O–H groups in total. The molecular formula is C17H16NO+. The van der Waals surface area contributed by atoms with Crippen molar-refractivity contribution in [3.63, 3.8) is 0 Å². The highest BCUT2D eigenvalue weighted by molar-refractivity contribution is 5.64. The summed E-state index contributed by atoms with van der Waals surface area (Å²) in [7, 11) is 1.93.